The Bertz CT molecular complexity index is 913. The number of benzene rings is 2. The lowest BCUT2D eigenvalue weighted by Crippen LogP contribution is -2.45. The maximum Gasteiger partial charge on any atom is 0.335 e. The molecule has 1 aromatic heterocycles. The molecule has 2 heterocycles. The van der Waals surface area contributed by atoms with Crippen LogP contribution in [0.2, 0.25) is 0 Å². The molecule has 1 N–H and O–H groups in total. The van der Waals surface area contributed by atoms with Crippen molar-refractivity contribution in [2.45, 2.75) is 13.1 Å². The highest BCUT2D eigenvalue weighted by atomic mass is 16.4. The summed E-state index contributed by atoms with van der Waals surface area (Å²) < 4.78 is 1.92. The number of piperazine rings is 1. The van der Waals surface area contributed by atoms with E-state index in [1.165, 1.54) is 5.56 Å². The van der Waals surface area contributed by atoms with Gasteiger partial charge in [-0.1, -0.05) is 30.3 Å². The lowest BCUT2D eigenvalue weighted by molar-refractivity contribution is 0.0697. The molecule has 1 aliphatic rings. The molecule has 0 aliphatic carbocycles. The van der Waals surface area contributed by atoms with Crippen molar-refractivity contribution in [1.29, 1.82) is 0 Å². The first kappa shape index (κ1) is 18.4. The summed E-state index contributed by atoms with van der Waals surface area (Å²) in [5.41, 5.74) is 3.79. The van der Waals surface area contributed by atoms with Crippen LogP contribution >= 0.6 is 0 Å². The molecule has 0 amide bonds. The molecule has 0 atom stereocenters. The van der Waals surface area contributed by atoms with E-state index in [0.29, 0.717) is 5.56 Å². The number of hydrogen-bond donors (Lipinski definition) is 1. The smallest absolute Gasteiger partial charge is 0.335 e. The average Bonchev–Trinajstić information content (AvgIpc) is 3.19. The molecule has 2 aromatic carbocycles. The molecular weight excluding hydrogens is 352 g/mol. The summed E-state index contributed by atoms with van der Waals surface area (Å²) in [6.45, 7) is 5.82. The second-order valence-electron chi connectivity index (χ2n) is 7.18. The Labute approximate surface area is 164 Å². The maximum absolute atomic E-state index is 10.9. The van der Waals surface area contributed by atoms with E-state index >= 15 is 0 Å². The van der Waals surface area contributed by atoms with Gasteiger partial charge in [-0.15, -0.1) is 0 Å². The summed E-state index contributed by atoms with van der Waals surface area (Å²) in [6.07, 6.45) is 4.05. The molecule has 1 saturated heterocycles. The van der Waals surface area contributed by atoms with Gasteiger partial charge in [-0.25, -0.2) is 9.48 Å². The quantitative estimate of drug-likeness (QED) is 0.717. The number of carbonyl (C=O) groups is 1. The zero-order valence-corrected chi connectivity index (χ0v) is 15.7. The Morgan fingerprint density at radius 1 is 0.857 bits per heavy atom. The van der Waals surface area contributed by atoms with Crippen LogP contribution in [0.5, 0.6) is 0 Å². The first-order valence-corrected chi connectivity index (χ1v) is 9.53. The van der Waals surface area contributed by atoms with E-state index in [1.54, 1.807) is 12.1 Å². The molecular formula is C22H24N4O2. The Hall–Kier alpha value is -2.96. The van der Waals surface area contributed by atoms with Crippen molar-refractivity contribution in [3.63, 3.8) is 0 Å². The van der Waals surface area contributed by atoms with E-state index in [1.807, 2.05) is 41.2 Å². The highest BCUT2D eigenvalue weighted by Gasteiger charge is 2.18. The van der Waals surface area contributed by atoms with Crippen molar-refractivity contribution < 1.29 is 9.90 Å². The van der Waals surface area contributed by atoms with Gasteiger partial charge in [0.25, 0.3) is 0 Å². The second kappa shape index (κ2) is 8.37. The molecule has 28 heavy (non-hydrogen) atoms. The molecule has 4 rings (SSSR count). The number of para-hydroxylation sites is 1. The van der Waals surface area contributed by atoms with E-state index in [9.17, 15) is 4.79 Å². The van der Waals surface area contributed by atoms with Crippen LogP contribution in [0.3, 0.4) is 0 Å². The van der Waals surface area contributed by atoms with Gasteiger partial charge >= 0.3 is 5.97 Å². The maximum atomic E-state index is 10.9. The molecule has 144 valence electrons. The van der Waals surface area contributed by atoms with Gasteiger partial charge in [0.15, 0.2) is 0 Å². The Balaban J connectivity index is 1.27. The number of aromatic nitrogens is 2. The van der Waals surface area contributed by atoms with Gasteiger partial charge in [-0.05, 0) is 29.8 Å². The monoisotopic (exact) mass is 376 g/mol. The highest BCUT2D eigenvalue weighted by Crippen LogP contribution is 2.14. The minimum Gasteiger partial charge on any atom is -0.478 e. The van der Waals surface area contributed by atoms with Crippen molar-refractivity contribution >= 4 is 5.97 Å². The van der Waals surface area contributed by atoms with Gasteiger partial charge in [-0.2, -0.15) is 5.10 Å². The number of hydrogen-bond acceptors (Lipinski definition) is 4. The topological polar surface area (TPSA) is 61.6 Å². The van der Waals surface area contributed by atoms with Crippen LogP contribution in [0, 0.1) is 0 Å². The largest absolute Gasteiger partial charge is 0.478 e. The molecule has 1 aliphatic heterocycles. The predicted octanol–water partition coefficient (Wildman–Crippen LogP) is 2.89. The van der Waals surface area contributed by atoms with E-state index in [2.05, 4.69) is 33.2 Å². The van der Waals surface area contributed by atoms with Crippen LogP contribution in [0.4, 0.5) is 0 Å². The molecule has 0 spiro atoms. The summed E-state index contributed by atoms with van der Waals surface area (Å²) in [4.78, 5) is 15.8. The van der Waals surface area contributed by atoms with E-state index < -0.39 is 5.97 Å². The molecule has 0 bridgehead atoms. The van der Waals surface area contributed by atoms with Gasteiger partial charge in [0.05, 0.1) is 17.4 Å². The number of aromatic carboxylic acids is 1. The standard InChI is InChI=1S/C22H24N4O2/c27-22(28)20-8-6-18(7-9-20)15-24-10-12-25(13-11-24)16-19-14-23-26(17-19)21-4-2-1-3-5-21/h1-9,14,17H,10-13,15-16H2,(H,27,28). The molecule has 6 heteroatoms. The Morgan fingerprint density at radius 3 is 2.07 bits per heavy atom. The number of rotatable bonds is 6. The summed E-state index contributed by atoms with van der Waals surface area (Å²) in [5.74, 6) is -0.879. The molecule has 1 fully saturated rings. The normalized spacial score (nSPS) is 15.6. The number of nitrogens with zero attached hydrogens (tertiary/aromatic N) is 4. The van der Waals surface area contributed by atoms with Gasteiger partial charge in [0, 0.05) is 51.0 Å². The third-order valence-electron chi connectivity index (χ3n) is 5.13. The van der Waals surface area contributed by atoms with E-state index in [0.717, 1.165) is 50.5 Å². The van der Waals surface area contributed by atoms with Crippen LogP contribution < -0.4 is 0 Å². The van der Waals surface area contributed by atoms with Crippen molar-refractivity contribution in [3.8, 4) is 5.69 Å². The Morgan fingerprint density at radius 2 is 1.46 bits per heavy atom. The lowest BCUT2D eigenvalue weighted by Gasteiger charge is -2.34. The fourth-order valence-electron chi connectivity index (χ4n) is 3.54. The van der Waals surface area contributed by atoms with Gasteiger partial charge < -0.3 is 5.11 Å². The molecule has 6 nitrogen and oxygen atoms in total. The van der Waals surface area contributed by atoms with Crippen molar-refractivity contribution in [1.82, 2.24) is 19.6 Å². The van der Waals surface area contributed by atoms with Crippen molar-refractivity contribution in [3.05, 3.63) is 83.7 Å². The Kier molecular flexibility index (Phi) is 5.50. The van der Waals surface area contributed by atoms with E-state index in [4.69, 9.17) is 5.11 Å². The fourth-order valence-corrected chi connectivity index (χ4v) is 3.54. The minimum atomic E-state index is -0.879. The van der Waals surface area contributed by atoms with Gasteiger partial charge in [0.1, 0.15) is 0 Å². The zero-order valence-electron chi connectivity index (χ0n) is 15.7. The summed E-state index contributed by atoms with van der Waals surface area (Å²) >= 11 is 0. The summed E-state index contributed by atoms with van der Waals surface area (Å²) in [6, 6.07) is 17.3. The van der Waals surface area contributed by atoms with Crippen LogP contribution in [-0.2, 0) is 13.1 Å². The molecule has 0 saturated carbocycles. The SMILES string of the molecule is O=C(O)c1ccc(CN2CCN(Cc3cnn(-c4ccccc4)c3)CC2)cc1. The van der Waals surface area contributed by atoms with Crippen molar-refractivity contribution in [2.24, 2.45) is 0 Å². The summed E-state index contributed by atoms with van der Waals surface area (Å²) in [5, 5.41) is 13.5. The van der Waals surface area contributed by atoms with Crippen molar-refractivity contribution in [2.75, 3.05) is 26.2 Å². The number of carboxylic acid groups (broad SMARTS) is 1. The molecule has 0 unspecified atom stereocenters. The van der Waals surface area contributed by atoms with Gasteiger partial charge in [0.2, 0.25) is 0 Å². The summed E-state index contributed by atoms with van der Waals surface area (Å²) in [7, 11) is 0. The lowest BCUT2D eigenvalue weighted by atomic mass is 10.1. The molecule has 0 radical (unpaired) electrons. The highest BCUT2D eigenvalue weighted by molar-refractivity contribution is 5.87. The van der Waals surface area contributed by atoms with Gasteiger partial charge in [-0.3, -0.25) is 9.80 Å². The zero-order chi connectivity index (χ0) is 19.3. The number of carboxylic acids is 1. The minimum absolute atomic E-state index is 0.338. The average molecular weight is 376 g/mol. The van der Waals surface area contributed by atoms with Crippen LogP contribution in [0.1, 0.15) is 21.5 Å². The fraction of sp³-hybridized carbons (Fsp3) is 0.273. The van der Waals surface area contributed by atoms with Crippen LogP contribution in [0.25, 0.3) is 5.69 Å². The first-order chi connectivity index (χ1) is 13.7. The first-order valence-electron chi connectivity index (χ1n) is 9.53. The van der Waals surface area contributed by atoms with Crippen LogP contribution in [0.15, 0.2) is 67.0 Å². The second-order valence-corrected chi connectivity index (χ2v) is 7.18. The third kappa shape index (κ3) is 4.47. The van der Waals surface area contributed by atoms with E-state index in [-0.39, 0.29) is 0 Å². The molecule has 3 aromatic rings. The third-order valence-corrected chi connectivity index (χ3v) is 5.13. The van der Waals surface area contributed by atoms with Crippen LogP contribution in [-0.4, -0.2) is 56.8 Å². The predicted molar refractivity (Wildman–Crippen MR) is 108 cm³/mol.